The van der Waals surface area contributed by atoms with Gasteiger partial charge in [-0.25, -0.2) is 0 Å². The van der Waals surface area contributed by atoms with Crippen LogP contribution >= 0.6 is 0 Å². The Bertz CT molecular complexity index is 466. The number of aliphatic carboxylic acids is 1. The number of amides is 1. The summed E-state index contributed by atoms with van der Waals surface area (Å²) in [6.45, 7) is 1.73. The van der Waals surface area contributed by atoms with Crippen molar-refractivity contribution < 1.29 is 14.7 Å². The molecule has 1 saturated carbocycles. The molecule has 0 bridgehead atoms. The Morgan fingerprint density at radius 2 is 1.95 bits per heavy atom. The van der Waals surface area contributed by atoms with Gasteiger partial charge in [-0.3, -0.25) is 9.59 Å². The second-order valence-corrected chi connectivity index (χ2v) is 5.42. The number of hydrogen-bond acceptors (Lipinski definition) is 2. The second-order valence-electron chi connectivity index (χ2n) is 5.42. The van der Waals surface area contributed by atoms with E-state index < -0.39 is 5.97 Å². The van der Waals surface area contributed by atoms with E-state index in [1.807, 2.05) is 30.3 Å². The molecule has 1 unspecified atom stereocenters. The van der Waals surface area contributed by atoms with Crippen molar-refractivity contribution in [2.45, 2.75) is 38.6 Å². The summed E-state index contributed by atoms with van der Waals surface area (Å²) in [4.78, 5) is 22.8. The van der Waals surface area contributed by atoms with Crippen molar-refractivity contribution in [1.82, 2.24) is 5.32 Å². The quantitative estimate of drug-likeness (QED) is 0.823. The fraction of sp³-hybridized carbons (Fsp3) is 0.467. The van der Waals surface area contributed by atoms with Crippen LogP contribution in [0.3, 0.4) is 0 Å². The van der Waals surface area contributed by atoms with Gasteiger partial charge in [-0.2, -0.15) is 0 Å². The largest absolute Gasteiger partial charge is 0.481 e. The maximum absolute atomic E-state index is 12.2. The van der Waals surface area contributed by atoms with Crippen molar-refractivity contribution in [3.8, 4) is 0 Å². The number of rotatable bonds is 6. The molecular weight excluding hydrogens is 242 g/mol. The zero-order valence-electron chi connectivity index (χ0n) is 11.1. The summed E-state index contributed by atoms with van der Waals surface area (Å²) in [6.07, 6.45) is 2.47. The van der Waals surface area contributed by atoms with E-state index in [0.717, 1.165) is 24.8 Å². The highest BCUT2D eigenvalue weighted by atomic mass is 16.4. The van der Waals surface area contributed by atoms with Gasteiger partial charge in [0.25, 0.3) is 0 Å². The second kappa shape index (κ2) is 5.43. The van der Waals surface area contributed by atoms with Gasteiger partial charge >= 0.3 is 5.97 Å². The first-order chi connectivity index (χ1) is 9.02. The minimum atomic E-state index is -0.888. The van der Waals surface area contributed by atoms with E-state index in [2.05, 4.69) is 5.32 Å². The fourth-order valence-electron chi connectivity index (χ4n) is 2.31. The number of nitrogens with one attached hydrogen (secondary N) is 1. The highest BCUT2D eigenvalue weighted by Gasteiger charge is 2.49. The first-order valence-electron chi connectivity index (χ1n) is 6.58. The molecule has 4 heteroatoms. The number of carbonyl (C=O) groups excluding carboxylic acids is 1. The zero-order chi connectivity index (χ0) is 13.9. The molecule has 1 aromatic rings. The van der Waals surface area contributed by atoms with Crippen molar-refractivity contribution in [2.24, 2.45) is 5.41 Å². The summed E-state index contributed by atoms with van der Waals surface area (Å²) in [7, 11) is 0. The molecular formula is C15H19NO3. The van der Waals surface area contributed by atoms with Gasteiger partial charge in [-0.15, -0.1) is 0 Å². The standard InChI is InChI=1S/C15H19NO3/c1-11(9-13(17)18)16-14(19)15(7-8-15)10-12-5-3-2-4-6-12/h2-6,11H,7-10H2,1H3,(H,16,19)(H,17,18). The summed E-state index contributed by atoms with van der Waals surface area (Å²) in [6, 6.07) is 9.62. The van der Waals surface area contributed by atoms with Crippen LogP contribution in [-0.2, 0) is 16.0 Å². The van der Waals surface area contributed by atoms with Crippen LogP contribution in [0, 0.1) is 5.41 Å². The van der Waals surface area contributed by atoms with Crippen LogP contribution in [0.25, 0.3) is 0 Å². The van der Waals surface area contributed by atoms with Gasteiger partial charge in [-0.05, 0) is 31.7 Å². The van der Waals surface area contributed by atoms with Crippen molar-refractivity contribution >= 4 is 11.9 Å². The molecule has 0 heterocycles. The molecule has 1 atom stereocenters. The summed E-state index contributed by atoms with van der Waals surface area (Å²) >= 11 is 0. The Morgan fingerprint density at radius 1 is 1.32 bits per heavy atom. The minimum Gasteiger partial charge on any atom is -0.481 e. The molecule has 0 aromatic heterocycles. The number of benzene rings is 1. The van der Waals surface area contributed by atoms with Gasteiger partial charge in [0.2, 0.25) is 5.91 Å². The van der Waals surface area contributed by atoms with Crippen molar-refractivity contribution in [3.05, 3.63) is 35.9 Å². The van der Waals surface area contributed by atoms with Gasteiger partial charge in [0.15, 0.2) is 0 Å². The van der Waals surface area contributed by atoms with Crippen molar-refractivity contribution in [2.75, 3.05) is 0 Å². The van der Waals surface area contributed by atoms with Gasteiger partial charge < -0.3 is 10.4 Å². The number of carboxylic acids is 1. The van der Waals surface area contributed by atoms with Gasteiger partial charge in [-0.1, -0.05) is 30.3 Å². The van der Waals surface area contributed by atoms with Crippen LogP contribution in [0.4, 0.5) is 0 Å². The highest BCUT2D eigenvalue weighted by Crippen LogP contribution is 2.48. The lowest BCUT2D eigenvalue weighted by molar-refractivity contribution is -0.137. The third-order valence-electron chi connectivity index (χ3n) is 3.58. The first kappa shape index (κ1) is 13.6. The van der Waals surface area contributed by atoms with Crippen LogP contribution in [0.15, 0.2) is 30.3 Å². The van der Waals surface area contributed by atoms with Gasteiger partial charge in [0.05, 0.1) is 11.8 Å². The molecule has 0 aliphatic heterocycles. The molecule has 102 valence electrons. The number of carboxylic acid groups (broad SMARTS) is 1. The summed E-state index contributed by atoms with van der Waals surface area (Å²) in [5.41, 5.74) is 0.842. The Kier molecular flexibility index (Phi) is 3.88. The van der Waals surface area contributed by atoms with E-state index in [9.17, 15) is 9.59 Å². The van der Waals surface area contributed by atoms with Crippen LogP contribution in [0.2, 0.25) is 0 Å². The van der Waals surface area contributed by atoms with Crippen molar-refractivity contribution in [3.63, 3.8) is 0 Å². The van der Waals surface area contributed by atoms with Gasteiger partial charge in [0, 0.05) is 6.04 Å². The SMILES string of the molecule is CC(CC(=O)O)NC(=O)C1(Cc2ccccc2)CC1. The topological polar surface area (TPSA) is 66.4 Å². The normalized spacial score (nSPS) is 17.5. The lowest BCUT2D eigenvalue weighted by Gasteiger charge is -2.18. The van der Waals surface area contributed by atoms with E-state index in [0.29, 0.717) is 0 Å². The fourth-order valence-corrected chi connectivity index (χ4v) is 2.31. The number of hydrogen-bond donors (Lipinski definition) is 2. The third kappa shape index (κ3) is 3.56. The van der Waals surface area contributed by atoms with E-state index in [4.69, 9.17) is 5.11 Å². The summed E-state index contributed by atoms with van der Waals surface area (Å²) in [5.74, 6) is -0.897. The van der Waals surface area contributed by atoms with Crippen molar-refractivity contribution in [1.29, 1.82) is 0 Å². The smallest absolute Gasteiger partial charge is 0.305 e. The summed E-state index contributed by atoms with van der Waals surface area (Å²) in [5, 5.41) is 11.5. The van der Waals surface area contributed by atoms with Gasteiger partial charge in [0.1, 0.15) is 0 Å². The molecule has 0 radical (unpaired) electrons. The summed E-state index contributed by atoms with van der Waals surface area (Å²) < 4.78 is 0. The Labute approximate surface area is 112 Å². The lowest BCUT2D eigenvalue weighted by Crippen LogP contribution is -2.40. The molecule has 1 fully saturated rings. The van der Waals surface area contributed by atoms with Crippen LogP contribution in [0.5, 0.6) is 0 Å². The molecule has 19 heavy (non-hydrogen) atoms. The molecule has 1 aliphatic rings. The molecule has 2 rings (SSSR count). The zero-order valence-corrected chi connectivity index (χ0v) is 11.1. The molecule has 1 aromatic carbocycles. The molecule has 1 aliphatic carbocycles. The van der Waals surface area contributed by atoms with Crippen LogP contribution in [0.1, 0.15) is 31.7 Å². The van der Waals surface area contributed by atoms with E-state index >= 15 is 0 Å². The van der Waals surface area contributed by atoms with E-state index in [1.54, 1.807) is 6.92 Å². The Morgan fingerprint density at radius 3 is 2.47 bits per heavy atom. The Balaban J connectivity index is 1.93. The predicted octanol–water partition coefficient (Wildman–Crippen LogP) is 1.99. The maximum atomic E-state index is 12.2. The molecule has 2 N–H and O–H groups in total. The highest BCUT2D eigenvalue weighted by molar-refractivity contribution is 5.86. The van der Waals surface area contributed by atoms with Crippen LogP contribution in [-0.4, -0.2) is 23.0 Å². The third-order valence-corrected chi connectivity index (χ3v) is 3.58. The molecule has 0 saturated heterocycles. The predicted molar refractivity (Wildman–Crippen MR) is 71.7 cm³/mol. The lowest BCUT2D eigenvalue weighted by atomic mass is 9.95. The molecule has 4 nitrogen and oxygen atoms in total. The maximum Gasteiger partial charge on any atom is 0.305 e. The average Bonchev–Trinajstić information content (AvgIpc) is 3.10. The minimum absolute atomic E-state index is 0.00916. The average molecular weight is 261 g/mol. The van der Waals surface area contributed by atoms with E-state index in [1.165, 1.54) is 0 Å². The number of carbonyl (C=O) groups is 2. The van der Waals surface area contributed by atoms with E-state index in [-0.39, 0.29) is 23.8 Å². The molecule has 0 spiro atoms. The first-order valence-corrected chi connectivity index (χ1v) is 6.58. The van der Waals surface area contributed by atoms with Crippen LogP contribution < -0.4 is 5.32 Å². The monoisotopic (exact) mass is 261 g/mol. The Hall–Kier alpha value is -1.84. The molecule has 1 amide bonds.